The summed E-state index contributed by atoms with van der Waals surface area (Å²) in [5.41, 5.74) is 0. The lowest BCUT2D eigenvalue weighted by Gasteiger charge is -2.15. The molecule has 3 nitrogen and oxygen atoms in total. The smallest absolute Gasteiger partial charge is 0.191 e. The number of hydrogen-bond acceptors (Lipinski definition) is 3. The predicted molar refractivity (Wildman–Crippen MR) is 98.7 cm³/mol. The van der Waals surface area contributed by atoms with E-state index in [0.29, 0.717) is 5.25 Å². The van der Waals surface area contributed by atoms with Gasteiger partial charge in [0.1, 0.15) is 0 Å². The Morgan fingerprint density at radius 2 is 1.95 bits per heavy atom. The van der Waals surface area contributed by atoms with E-state index in [-0.39, 0.29) is 0 Å². The van der Waals surface area contributed by atoms with Gasteiger partial charge in [-0.25, -0.2) is 0 Å². The topological polar surface area (TPSA) is 36.4 Å². The highest BCUT2D eigenvalue weighted by Crippen LogP contribution is 2.21. The van der Waals surface area contributed by atoms with Crippen molar-refractivity contribution in [2.75, 3.05) is 32.1 Å². The molecular weight excluding hydrogens is 298 g/mol. The molecule has 0 spiro atoms. The van der Waals surface area contributed by atoms with Gasteiger partial charge in [-0.15, -0.1) is 11.8 Å². The number of hydrogen-bond donors (Lipinski definition) is 2. The molecule has 0 aliphatic carbocycles. The van der Waals surface area contributed by atoms with Crippen LogP contribution in [0.25, 0.3) is 0 Å². The number of benzene rings is 1. The molecule has 0 saturated heterocycles. The largest absolute Gasteiger partial charge is 0.356 e. The van der Waals surface area contributed by atoms with Crippen molar-refractivity contribution in [2.24, 2.45) is 4.99 Å². The van der Waals surface area contributed by atoms with E-state index in [1.54, 1.807) is 0 Å². The van der Waals surface area contributed by atoms with E-state index in [1.165, 1.54) is 23.5 Å². The summed E-state index contributed by atoms with van der Waals surface area (Å²) in [4.78, 5) is 5.58. The first-order valence-electron chi connectivity index (χ1n) is 7.41. The van der Waals surface area contributed by atoms with Crippen LogP contribution in [0.3, 0.4) is 0 Å². The lowest BCUT2D eigenvalue weighted by molar-refractivity contribution is 0.729. The Labute approximate surface area is 137 Å². The Hall–Kier alpha value is -0.810. The van der Waals surface area contributed by atoms with Crippen LogP contribution in [-0.4, -0.2) is 43.4 Å². The molecule has 1 atom stereocenters. The molecule has 1 rings (SSSR count). The normalized spacial score (nSPS) is 13.0. The molecule has 2 N–H and O–H groups in total. The lowest BCUT2D eigenvalue weighted by atomic mass is 10.3. The van der Waals surface area contributed by atoms with Crippen LogP contribution in [0.1, 0.15) is 19.8 Å². The Balaban J connectivity index is 2.19. The van der Waals surface area contributed by atoms with Crippen molar-refractivity contribution >= 4 is 29.5 Å². The molecule has 0 aromatic heterocycles. The first-order valence-corrected chi connectivity index (χ1v) is 9.68. The summed E-state index contributed by atoms with van der Waals surface area (Å²) >= 11 is 3.79. The van der Waals surface area contributed by atoms with Gasteiger partial charge in [0.2, 0.25) is 0 Å². The second-order valence-electron chi connectivity index (χ2n) is 4.82. The molecule has 21 heavy (non-hydrogen) atoms. The van der Waals surface area contributed by atoms with Gasteiger partial charge in [0.15, 0.2) is 5.96 Å². The van der Waals surface area contributed by atoms with E-state index in [4.69, 9.17) is 0 Å². The van der Waals surface area contributed by atoms with Gasteiger partial charge in [0.05, 0.1) is 0 Å². The monoisotopic (exact) mass is 325 g/mol. The molecule has 0 amide bonds. The Morgan fingerprint density at radius 1 is 1.19 bits per heavy atom. The van der Waals surface area contributed by atoms with E-state index < -0.39 is 0 Å². The Morgan fingerprint density at radius 3 is 2.62 bits per heavy atom. The zero-order valence-corrected chi connectivity index (χ0v) is 14.9. The number of guanidine groups is 1. The minimum absolute atomic E-state index is 0.502. The van der Waals surface area contributed by atoms with Crippen molar-refractivity contribution in [3.63, 3.8) is 0 Å². The molecule has 0 bridgehead atoms. The molecule has 1 aromatic carbocycles. The van der Waals surface area contributed by atoms with Crippen LogP contribution in [0.15, 0.2) is 40.2 Å². The summed E-state index contributed by atoms with van der Waals surface area (Å²) in [6.07, 6.45) is 4.60. The second kappa shape index (κ2) is 11.8. The van der Waals surface area contributed by atoms with Crippen LogP contribution in [0, 0.1) is 0 Å². The van der Waals surface area contributed by atoms with Crippen molar-refractivity contribution in [3.05, 3.63) is 30.3 Å². The zero-order valence-electron chi connectivity index (χ0n) is 13.3. The van der Waals surface area contributed by atoms with Crippen LogP contribution in [-0.2, 0) is 0 Å². The summed E-state index contributed by atoms with van der Waals surface area (Å²) in [5.74, 6) is 2.14. The van der Waals surface area contributed by atoms with E-state index >= 15 is 0 Å². The summed E-state index contributed by atoms with van der Waals surface area (Å²) in [5, 5.41) is 7.26. The van der Waals surface area contributed by atoms with Gasteiger partial charge in [0, 0.05) is 30.3 Å². The molecule has 0 aliphatic rings. The van der Waals surface area contributed by atoms with Crippen LogP contribution in [0.2, 0.25) is 0 Å². The minimum atomic E-state index is 0.502. The molecule has 0 aliphatic heterocycles. The third-order valence-corrected chi connectivity index (χ3v) is 4.74. The average Bonchev–Trinajstić information content (AvgIpc) is 2.51. The van der Waals surface area contributed by atoms with Crippen LogP contribution < -0.4 is 10.6 Å². The fourth-order valence-corrected chi connectivity index (χ4v) is 3.25. The highest BCUT2D eigenvalue weighted by molar-refractivity contribution is 8.00. The van der Waals surface area contributed by atoms with Gasteiger partial charge in [-0.1, -0.05) is 25.1 Å². The standard InChI is InChI=1S/C16H27N3S2/c1-14(21-15-9-5-4-6-10-15)13-19-16(17-2)18-11-7-8-12-20-3/h4-6,9-10,14H,7-8,11-13H2,1-3H3,(H2,17,18,19). The van der Waals surface area contributed by atoms with Gasteiger partial charge in [-0.05, 0) is 37.0 Å². The number of unbranched alkanes of at least 4 members (excludes halogenated alkanes) is 1. The summed E-state index contributed by atoms with van der Waals surface area (Å²) < 4.78 is 0. The summed E-state index contributed by atoms with van der Waals surface area (Å²) in [6, 6.07) is 10.5. The molecule has 5 heteroatoms. The zero-order chi connectivity index (χ0) is 15.3. The molecule has 118 valence electrons. The van der Waals surface area contributed by atoms with E-state index in [9.17, 15) is 0 Å². The van der Waals surface area contributed by atoms with Gasteiger partial charge in [-0.2, -0.15) is 11.8 Å². The number of rotatable bonds is 9. The molecule has 0 fully saturated rings. The van der Waals surface area contributed by atoms with E-state index in [0.717, 1.165) is 19.0 Å². The van der Waals surface area contributed by atoms with Crippen LogP contribution >= 0.6 is 23.5 Å². The molecule has 0 radical (unpaired) electrons. The van der Waals surface area contributed by atoms with Crippen molar-refractivity contribution in [2.45, 2.75) is 29.9 Å². The van der Waals surface area contributed by atoms with Crippen molar-refractivity contribution in [1.82, 2.24) is 10.6 Å². The number of nitrogens with zero attached hydrogens (tertiary/aromatic N) is 1. The lowest BCUT2D eigenvalue weighted by Crippen LogP contribution is -2.40. The molecule has 0 saturated carbocycles. The molecule has 1 aromatic rings. The van der Waals surface area contributed by atoms with Gasteiger partial charge >= 0.3 is 0 Å². The fraction of sp³-hybridized carbons (Fsp3) is 0.562. The molecule has 1 unspecified atom stereocenters. The first-order chi connectivity index (χ1) is 10.3. The maximum absolute atomic E-state index is 4.26. The Bertz CT molecular complexity index is 396. The summed E-state index contributed by atoms with van der Waals surface area (Å²) in [7, 11) is 1.83. The first kappa shape index (κ1) is 18.2. The van der Waals surface area contributed by atoms with Crippen LogP contribution in [0.5, 0.6) is 0 Å². The van der Waals surface area contributed by atoms with E-state index in [2.05, 4.69) is 59.1 Å². The second-order valence-corrected chi connectivity index (χ2v) is 7.32. The maximum Gasteiger partial charge on any atom is 0.191 e. The Kier molecular flexibility index (Phi) is 10.3. The van der Waals surface area contributed by atoms with Crippen molar-refractivity contribution < 1.29 is 0 Å². The highest BCUT2D eigenvalue weighted by Gasteiger charge is 2.05. The van der Waals surface area contributed by atoms with Crippen LogP contribution in [0.4, 0.5) is 0 Å². The van der Waals surface area contributed by atoms with Gasteiger partial charge < -0.3 is 10.6 Å². The number of nitrogens with one attached hydrogen (secondary N) is 2. The van der Waals surface area contributed by atoms with Gasteiger partial charge in [0.25, 0.3) is 0 Å². The number of aliphatic imine (C=N–C) groups is 1. The quantitative estimate of drug-likeness (QED) is 0.315. The third kappa shape index (κ3) is 8.94. The van der Waals surface area contributed by atoms with Crippen molar-refractivity contribution in [1.29, 1.82) is 0 Å². The van der Waals surface area contributed by atoms with Crippen molar-refractivity contribution in [3.8, 4) is 0 Å². The van der Waals surface area contributed by atoms with Gasteiger partial charge in [-0.3, -0.25) is 4.99 Å². The summed E-state index contributed by atoms with van der Waals surface area (Å²) in [6.45, 7) is 4.13. The SMILES string of the molecule is CN=C(NCCCCSC)NCC(C)Sc1ccccc1. The minimum Gasteiger partial charge on any atom is -0.356 e. The average molecular weight is 326 g/mol. The number of thioether (sulfide) groups is 2. The molecule has 0 heterocycles. The highest BCUT2D eigenvalue weighted by atomic mass is 32.2. The maximum atomic E-state index is 4.26. The van der Waals surface area contributed by atoms with E-state index in [1.807, 2.05) is 30.6 Å². The fourth-order valence-electron chi connectivity index (χ4n) is 1.81. The predicted octanol–water partition coefficient (Wildman–Crippen LogP) is 3.48. The third-order valence-electron chi connectivity index (χ3n) is 2.93. The molecular formula is C16H27N3S2.